The molecule has 0 aliphatic heterocycles. The predicted octanol–water partition coefficient (Wildman–Crippen LogP) is 2.08. The van der Waals surface area contributed by atoms with Crippen LogP contribution in [-0.4, -0.2) is 62.5 Å². The van der Waals surface area contributed by atoms with Crippen LogP contribution in [0.3, 0.4) is 0 Å². The van der Waals surface area contributed by atoms with Crippen LogP contribution in [0.1, 0.15) is 38.3 Å². The molecule has 2 rings (SSSR count). The Kier molecular flexibility index (Phi) is 13.2. The van der Waals surface area contributed by atoms with E-state index < -0.39 is 27.8 Å². The Morgan fingerprint density at radius 3 is 2.18 bits per heavy atom. The van der Waals surface area contributed by atoms with E-state index in [-0.39, 0.29) is 25.0 Å². The quantitative estimate of drug-likeness (QED) is 0.163. The van der Waals surface area contributed by atoms with Crippen molar-refractivity contribution in [2.75, 3.05) is 14.2 Å². The number of aliphatic imine (C=N–C) groups is 1. The lowest BCUT2D eigenvalue weighted by atomic mass is 9.97. The SMILES string of the molecule is COc1ccc(CC(=O)N=C(N)N[C@H](C)CC(C)(C)NS(=O)(=O)NCc2ccccc2)cc1OC.O=C(O)O. The number of carbonyl (C=O) groups is 2. The zero-order chi connectivity index (χ0) is 29.6. The van der Waals surface area contributed by atoms with Gasteiger partial charge in [-0.15, -0.1) is 0 Å². The number of nitrogens with one attached hydrogen (secondary N) is 3. The lowest BCUT2D eigenvalue weighted by Gasteiger charge is -2.29. The third-order valence-electron chi connectivity index (χ3n) is 4.98. The second-order valence-electron chi connectivity index (χ2n) is 9.09. The predicted molar refractivity (Wildman–Crippen MR) is 147 cm³/mol. The van der Waals surface area contributed by atoms with E-state index in [0.29, 0.717) is 23.5 Å². The monoisotopic (exact) mass is 567 g/mol. The highest BCUT2D eigenvalue weighted by Gasteiger charge is 2.27. The van der Waals surface area contributed by atoms with Gasteiger partial charge >= 0.3 is 6.16 Å². The van der Waals surface area contributed by atoms with Gasteiger partial charge in [-0.2, -0.15) is 22.9 Å². The van der Waals surface area contributed by atoms with Crippen LogP contribution in [-0.2, 0) is 28.0 Å². The average Bonchev–Trinajstić information content (AvgIpc) is 2.81. The fourth-order valence-corrected chi connectivity index (χ4v) is 4.90. The van der Waals surface area contributed by atoms with E-state index in [4.69, 9.17) is 30.2 Å². The van der Waals surface area contributed by atoms with Gasteiger partial charge in [-0.3, -0.25) is 4.79 Å². The average molecular weight is 568 g/mol. The van der Waals surface area contributed by atoms with Crippen molar-refractivity contribution in [1.29, 1.82) is 0 Å². The molecule has 1 amide bonds. The van der Waals surface area contributed by atoms with E-state index in [1.54, 1.807) is 32.0 Å². The molecule has 0 aromatic heterocycles. The minimum atomic E-state index is -3.74. The van der Waals surface area contributed by atoms with Crippen LogP contribution in [0.4, 0.5) is 4.79 Å². The topological polar surface area (TPSA) is 202 Å². The fourth-order valence-electron chi connectivity index (χ4n) is 3.66. The van der Waals surface area contributed by atoms with Crippen molar-refractivity contribution >= 4 is 28.2 Å². The smallest absolute Gasteiger partial charge is 0.493 e. The lowest BCUT2D eigenvalue weighted by Crippen LogP contribution is -2.52. The van der Waals surface area contributed by atoms with Gasteiger partial charge in [0.15, 0.2) is 17.5 Å². The van der Waals surface area contributed by atoms with Crippen molar-refractivity contribution in [1.82, 2.24) is 14.8 Å². The molecule has 7 N–H and O–H groups in total. The summed E-state index contributed by atoms with van der Waals surface area (Å²) in [7, 11) is -0.683. The molecule has 0 aliphatic carbocycles. The largest absolute Gasteiger partial charge is 0.503 e. The molecule has 0 saturated carbocycles. The number of ether oxygens (including phenoxy) is 2. The molecule has 0 fully saturated rings. The molecule has 0 saturated heterocycles. The van der Waals surface area contributed by atoms with E-state index >= 15 is 0 Å². The molecule has 0 unspecified atom stereocenters. The first kappa shape index (κ1) is 33.1. The number of rotatable bonds is 12. The zero-order valence-corrected chi connectivity index (χ0v) is 23.4. The normalized spacial score (nSPS) is 12.5. The first-order valence-corrected chi connectivity index (χ1v) is 13.2. The summed E-state index contributed by atoms with van der Waals surface area (Å²) in [5.41, 5.74) is 6.68. The number of nitrogens with two attached hydrogens (primary N) is 1. The Labute approximate surface area is 228 Å². The molecular weight excluding hydrogens is 530 g/mol. The van der Waals surface area contributed by atoms with Crippen LogP contribution in [0.25, 0.3) is 0 Å². The first-order chi connectivity index (χ1) is 18.2. The van der Waals surface area contributed by atoms with Crippen molar-refractivity contribution in [3.63, 3.8) is 0 Å². The van der Waals surface area contributed by atoms with Crippen molar-refractivity contribution in [2.24, 2.45) is 10.7 Å². The van der Waals surface area contributed by atoms with Crippen LogP contribution >= 0.6 is 0 Å². The molecule has 0 spiro atoms. The second kappa shape index (κ2) is 15.5. The van der Waals surface area contributed by atoms with Crippen LogP contribution in [0, 0.1) is 0 Å². The Morgan fingerprint density at radius 1 is 1.03 bits per heavy atom. The van der Waals surface area contributed by atoms with Crippen molar-refractivity contribution < 1.29 is 37.7 Å². The molecule has 13 nitrogen and oxygen atoms in total. The molecule has 0 radical (unpaired) electrons. The fraction of sp³-hybridized carbons (Fsp3) is 0.400. The van der Waals surface area contributed by atoms with E-state index in [0.717, 1.165) is 5.56 Å². The summed E-state index contributed by atoms with van der Waals surface area (Å²) in [6, 6.07) is 14.2. The molecule has 0 bridgehead atoms. The van der Waals surface area contributed by atoms with Gasteiger partial charge in [-0.05, 0) is 50.5 Å². The summed E-state index contributed by atoms with van der Waals surface area (Å²) in [4.78, 5) is 24.8. The van der Waals surface area contributed by atoms with Crippen molar-refractivity contribution in [3.05, 3.63) is 59.7 Å². The molecule has 39 heavy (non-hydrogen) atoms. The van der Waals surface area contributed by atoms with E-state index in [9.17, 15) is 13.2 Å². The van der Waals surface area contributed by atoms with Gasteiger partial charge in [0.05, 0.1) is 20.6 Å². The Hall–Kier alpha value is -3.88. The summed E-state index contributed by atoms with van der Waals surface area (Å²) in [5, 5.41) is 16.9. The number of hydrogen-bond donors (Lipinski definition) is 6. The molecule has 2 aromatic carbocycles. The number of guanidine groups is 1. The number of amides is 1. The number of benzene rings is 2. The van der Waals surface area contributed by atoms with Crippen molar-refractivity contribution in [2.45, 2.75) is 51.7 Å². The lowest BCUT2D eigenvalue weighted by molar-refractivity contribution is -0.117. The van der Waals surface area contributed by atoms with Crippen LogP contribution in [0.5, 0.6) is 11.5 Å². The Morgan fingerprint density at radius 2 is 1.62 bits per heavy atom. The molecule has 2 aromatic rings. The van der Waals surface area contributed by atoms with Crippen LogP contribution < -0.4 is 30.0 Å². The number of methoxy groups -OCH3 is 2. The number of carbonyl (C=O) groups excluding carboxylic acids is 1. The maximum absolute atomic E-state index is 12.5. The summed E-state index contributed by atoms with van der Waals surface area (Å²) in [6.07, 6.45) is -1.41. The third-order valence-corrected chi connectivity index (χ3v) is 6.32. The van der Waals surface area contributed by atoms with Gasteiger partial charge < -0.3 is 30.7 Å². The molecule has 0 aliphatic rings. The molecular formula is C25H37N5O8S. The second-order valence-corrected chi connectivity index (χ2v) is 10.6. The third kappa shape index (κ3) is 14.0. The Bertz CT molecular complexity index is 1220. The van der Waals surface area contributed by atoms with Gasteiger partial charge in [0.1, 0.15) is 0 Å². The summed E-state index contributed by atoms with van der Waals surface area (Å²) < 4.78 is 40.6. The van der Waals surface area contributed by atoms with Gasteiger partial charge in [0.2, 0.25) is 0 Å². The van der Waals surface area contributed by atoms with Crippen LogP contribution in [0.2, 0.25) is 0 Å². The van der Waals surface area contributed by atoms with Gasteiger partial charge in [0.25, 0.3) is 16.1 Å². The maximum Gasteiger partial charge on any atom is 0.503 e. The van der Waals surface area contributed by atoms with E-state index in [1.807, 2.05) is 37.3 Å². The highest BCUT2D eigenvalue weighted by atomic mass is 32.2. The maximum atomic E-state index is 12.5. The van der Waals surface area contributed by atoms with Crippen LogP contribution in [0.15, 0.2) is 53.5 Å². The van der Waals surface area contributed by atoms with Crippen molar-refractivity contribution in [3.8, 4) is 11.5 Å². The molecule has 0 heterocycles. The summed E-state index contributed by atoms with van der Waals surface area (Å²) in [5.74, 6) is 0.614. The molecule has 1 atom stereocenters. The highest BCUT2D eigenvalue weighted by Crippen LogP contribution is 2.27. The zero-order valence-electron chi connectivity index (χ0n) is 22.6. The minimum absolute atomic E-state index is 0.0372. The van der Waals surface area contributed by atoms with Gasteiger partial charge in [0, 0.05) is 18.1 Å². The number of carboxylic acid groups (broad SMARTS) is 2. The van der Waals surface area contributed by atoms with Gasteiger partial charge in [-0.1, -0.05) is 36.4 Å². The molecule has 216 valence electrons. The minimum Gasteiger partial charge on any atom is -0.493 e. The Balaban J connectivity index is 0.00000177. The number of hydrogen-bond acceptors (Lipinski definition) is 6. The highest BCUT2D eigenvalue weighted by molar-refractivity contribution is 7.87. The van der Waals surface area contributed by atoms with E-state index in [1.165, 1.54) is 14.2 Å². The first-order valence-electron chi connectivity index (χ1n) is 11.7. The molecule has 14 heteroatoms. The van der Waals surface area contributed by atoms with Gasteiger partial charge in [-0.25, -0.2) is 4.79 Å². The van der Waals surface area contributed by atoms with E-state index in [2.05, 4.69) is 19.8 Å². The standard InChI is InChI=1S/C24H35N5O5S.CH2O3/c1-17(15-24(2,3)29-35(31,32)26-16-18-9-7-6-8-10-18)27-23(25)28-22(30)14-19-11-12-20(33-4)21(13-19)34-5;2-1(3)4/h6-13,17,26,29H,14-16H2,1-5H3,(H3,25,27,28,30);(H2,2,3,4)/t17-;/m1./s1. The summed E-state index contributed by atoms with van der Waals surface area (Å²) in [6.45, 7) is 5.54. The summed E-state index contributed by atoms with van der Waals surface area (Å²) >= 11 is 0. The number of nitrogens with zero attached hydrogens (tertiary/aromatic N) is 1.